The second-order valence-corrected chi connectivity index (χ2v) is 6.77. The van der Waals surface area contributed by atoms with E-state index in [0.29, 0.717) is 39.8 Å². The average Bonchev–Trinajstić information content (AvgIpc) is 2.82. The quantitative estimate of drug-likeness (QED) is 0.831. The molecule has 0 aromatic heterocycles. The molecule has 0 aliphatic carbocycles. The van der Waals surface area contributed by atoms with Crippen LogP contribution in [0.2, 0.25) is 10.0 Å². The lowest BCUT2D eigenvalue weighted by Crippen LogP contribution is -2.32. The molecule has 1 aliphatic rings. The summed E-state index contributed by atoms with van der Waals surface area (Å²) >= 11 is 11.9. The van der Waals surface area contributed by atoms with Gasteiger partial charge >= 0.3 is 0 Å². The highest BCUT2D eigenvalue weighted by Crippen LogP contribution is 2.32. The Labute approximate surface area is 135 Å². The van der Waals surface area contributed by atoms with Crippen LogP contribution in [0.3, 0.4) is 0 Å². The van der Waals surface area contributed by atoms with Crippen LogP contribution in [0.5, 0.6) is 0 Å². The fourth-order valence-corrected chi connectivity index (χ4v) is 3.21. The van der Waals surface area contributed by atoms with Crippen LogP contribution in [-0.2, 0) is 4.79 Å². The smallest absolute Gasteiger partial charge is 0.238 e. The Balaban J connectivity index is 1.94. The Morgan fingerprint density at radius 1 is 1.48 bits per heavy atom. The highest BCUT2D eigenvalue weighted by Gasteiger charge is 2.26. The van der Waals surface area contributed by atoms with Gasteiger partial charge in [0.1, 0.15) is 0 Å². The summed E-state index contributed by atoms with van der Waals surface area (Å²) in [7, 11) is 0. The highest BCUT2D eigenvalue weighted by atomic mass is 35.5. The van der Waals surface area contributed by atoms with Crippen LogP contribution < -0.4 is 11.1 Å². The number of carbonyl (C=O) groups excluding carboxylic acids is 1. The molecule has 0 saturated carbocycles. The lowest BCUT2D eigenvalue weighted by Gasteiger charge is -2.18. The van der Waals surface area contributed by atoms with Gasteiger partial charge in [0.2, 0.25) is 5.91 Å². The van der Waals surface area contributed by atoms with Gasteiger partial charge < -0.3 is 11.1 Å². The number of hydrogen-bond donors (Lipinski definition) is 2. The number of hydrogen-bond acceptors (Lipinski definition) is 3. The van der Waals surface area contributed by atoms with Crippen LogP contribution in [0, 0.1) is 11.8 Å². The van der Waals surface area contributed by atoms with Gasteiger partial charge in [0.05, 0.1) is 22.9 Å². The van der Waals surface area contributed by atoms with E-state index in [2.05, 4.69) is 24.1 Å². The minimum absolute atomic E-state index is 0.102. The summed E-state index contributed by atoms with van der Waals surface area (Å²) in [5.74, 6) is 1.22. The lowest BCUT2D eigenvalue weighted by atomic mass is 9.95. The highest BCUT2D eigenvalue weighted by molar-refractivity contribution is 6.37. The summed E-state index contributed by atoms with van der Waals surface area (Å²) in [6.07, 6.45) is 1.15. The standard InChI is InChI=1S/C15H21Cl2N3O/c1-9(2)10-3-4-20(7-10)8-14(21)19-15-12(17)5-11(16)6-13(15)18/h5-6,9-10H,3-4,7-8,18H2,1-2H3,(H,19,21). The predicted octanol–water partition coefficient (Wildman–Crippen LogP) is 3.49. The van der Waals surface area contributed by atoms with Crippen molar-refractivity contribution < 1.29 is 4.79 Å². The molecule has 1 atom stereocenters. The number of rotatable bonds is 4. The first kappa shape index (κ1) is 16.4. The van der Waals surface area contributed by atoms with Crippen molar-refractivity contribution in [3.63, 3.8) is 0 Å². The summed E-state index contributed by atoms with van der Waals surface area (Å²) in [5, 5.41) is 3.59. The number of nitrogens with zero attached hydrogens (tertiary/aromatic N) is 1. The van der Waals surface area contributed by atoms with Gasteiger partial charge in [0.25, 0.3) is 0 Å². The number of amides is 1. The first-order valence-corrected chi connectivity index (χ1v) is 7.89. The molecule has 1 fully saturated rings. The molecule has 4 nitrogen and oxygen atoms in total. The van der Waals surface area contributed by atoms with E-state index in [9.17, 15) is 4.79 Å². The maximum absolute atomic E-state index is 12.1. The molecule has 0 bridgehead atoms. The number of benzene rings is 1. The van der Waals surface area contributed by atoms with Gasteiger partial charge in [0.15, 0.2) is 0 Å². The molecule has 1 saturated heterocycles. The summed E-state index contributed by atoms with van der Waals surface area (Å²) in [6, 6.07) is 3.15. The number of nitrogens with two attached hydrogens (primary N) is 1. The van der Waals surface area contributed by atoms with Gasteiger partial charge in [-0.3, -0.25) is 9.69 Å². The summed E-state index contributed by atoms with van der Waals surface area (Å²) in [5.41, 5.74) is 6.66. The molecule has 21 heavy (non-hydrogen) atoms. The van der Waals surface area contributed by atoms with E-state index in [4.69, 9.17) is 28.9 Å². The normalized spacial score (nSPS) is 19.2. The first-order valence-electron chi connectivity index (χ1n) is 7.13. The minimum atomic E-state index is -0.102. The van der Waals surface area contributed by atoms with Gasteiger partial charge in [-0.2, -0.15) is 0 Å². The average molecular weight is 330 g/mol. The van der Waals surface area contributed by atoms with Crippen molar-refractivity contribution in [1.29, 1.82) is 0 Å². The van der Waals surface area contributed by atoms with Gasteiger partial charge in [-0.1, -0.05) is 37.0 Å². The van der Waals surface area contributed by atoms with E-state index in [1.54, 1.807) is 12.1 Å². The number of likely N-dealkylation sites (tertiary alicyclic amines) is 1. The second-order valence-electron chi connectivity index (χ2n) is 5.93. The minimum Gasteiger partial charge on any atom is -0.397 e. The molecule has 0 radical (unpaired) electrons. The zero-order valence-corrected chi connectivity index (χ0v) is 13.8. The fraction of sp³-hybridized carbons (Fsp3) is 0.533. The van der Waals surface area contributed by atoms with Crippen molar-refractivity contribution in [3.8, 4) is 0 Å². The largest absolute Gasteiger partial charge is 0.397 e. The summed E-state index contributed by atoms with van der Waals surface area (Å²) < 4.78 is 0. The fourth-order valence-electron chi connectivity index (χ4n) is 2.66. The van der Waals surface area contributed by atoms with Crippen molar-refractivity contribution in [2.45, 2.75) is 20.3 Å². The number of carbonyl (C=O) groups is 1. The summed E-state index contributed by atoms with van der Waals surface area (Å²) in [4.78, 5) is 14.3. The maximum Gasteiger partial charge on any atom is 0.238 e. The van der Waals surface area contributed by atoms with E-state index >= 15 is 0 Å². The number of halogens is 2. The van der Waals surface area contributed by atoms with Gasteiger partial charge in [-0.05, 0) is 36.9 Å². The molecule has 1 heterocycles. The van der Waals surface area contributed by atoms with Gasteiger partial charge in [0, 0.05) is 11.6 Å². The first-order chi connectivity index (χ1) is 9.86. The van der Waals surface area contributed by atoms with Crippen LogP contribution in [-0.4, -0.2) is 30.4 Å². The van der Waals surface area contributed by atoms with Crippen LogP contribution in [0.4, 0.5) is 11.4 Å². The van der Waals surface area contributed by atoms with Crippen molar-refractivity contribution in [3.05, 3.63) is 22.2 Å². The number of anilines is 2. The van der Waals surface area contributed by atoms with Gasteiger partial charge in [-0.15, -0.1) is 0 Å². The molecule has 1 aromatic rings. The van der Waals surface area contributed by atoms with Crippen LogP contribution in [0.25, 0.3) is 0 Å². The van der Waals surface area contributed by atoms with Crippen LogP contribution in [0.1, 0.15) is 20.3 Å². The molecule has 1 unspecified atom stereocenters. The number of nitrogens with one attached hydrogen (secondary N) is 1. The Morgan fingerprint density at radius 3 is 2.76 bits per heavy atom. The second kappa shape index (κ2) is 6.86. The van der Waals surface area contributed by atoms with Crippen molar-refractivity contribution in [2.75, 3.05) is 30.7 Å². The summed E-state index contributed by atoms with van der Waals surface area (Å²) in [6.45, 7) is 6.74. The zero-order valence-electron chi connectivity index (χ0n) is 12.3. The van der Waals surface area contributed by atoms with E-state index in [1.165, 1.54) is 0 Å². The SMILES string of the molecule is CC(C)C1CCN(CC(=O)Nc2c(N)cc(Cl)cc2Cl)C1. The van der Waals surface area contributed by atoms with E-state index < -0.39 is 0 Å². The molecule has 1 amide bonds. The maximum atomic E-state index is 12.1. The third kappa shape index (κ3) is 4.25. The Hall–Kier alpha value is -0.970. The Kier molecular flexibility index (Phi) is 5.36. The zero-order chi connectivity index (χ0) is 15.6. The van der Waals surface area contributed by atoms with Gasteiger partial charge in [-0.25, -0.2) is 0 Å². The van der Waals surface area contributed by atoms with Crippen molar-refractivity contribution in [1.82, 2.24) is 4.90 Å². The molecule has 2 rings (SSSR count). The third-order valence-electron chi connectivity index (χ3n) is 3.97. The lowest BCUT2D eigenvalue weighted by molar-refractivity contribution is -0.117. The molecule has 3 N–H and O–H groups in total. The third-order valence-corrected chi connectivity index (χ3v) is 4.49. The molecule has 0 spiro atoms. The van der Waals surface area contributed by atoms with Crippen molar-refractivity contribution in [2.24, 2.45) is 11.8 Å². The van der Waals surface area contributed by atoms with Crippen molar-refractivity contribution >= 4 is 40.5 Å². The van der Waals surface area contributed by atoms with Crippen LogP contribution >= 0.6 is 23.2 Å². The predicted molar refractivity (Wildman–Crippen MR) is 88.9 cm³/mol. The molecule has 116 valence electrons. The topological polar surface area (TPSA) is 58.4 Å². The molecule has 6 heteroatoms. The van der Waals surface area contributed by atoms with E-state index in [1.807, 2.05) is 0 Å². The molecule has 1 aliphatic heterocycles. The molecule has 1 aromatic carbocycles. The number of nitrogen functional groups attached to an aromatic ring is 1. The van der Waals surface area contributed by atoms with E-state index in [-0.39, 0.29) is 5.91 Å². The molecular weight excluding hydrogens is 309 g/mol. The molecular formula is C15H21Cl2N3O. The Morgan fingerprint density at radius 2 is 2.19 bits per heavy atom. The Bertz CT molecular complexity index is 511. The van der Waals surface area contributed by atoms with E-state index in [0.717, 1.165) is 19.5 Å². The van der Waals surface area contributed by atoms with Crippen LogP contribution in [0.15, 0.2) is 12.1 Å². The monoisotopic (exact) mass is 329 g/mol.